The van der Waals surface area contributed by atoms with Crippen LogP contribution in [0.1, 0.15) is 22.3 Å². The number of halogens is 3. The number of alkyl halides is 3. The van der Waals surface area contributed by atoms with Gasteiger partial charge in [0.1, 0.15) is 0 Å². The topological polar surface area (TPSA) is 70.4 Å². The second kappa shape index (κ2) is 5.06. The lowest BCUT2D eigenvalue weighted by Gasteiger charge is -2.30. The van der Waals surface area contributed by atoms with Gasteiger partial charge in [0.05, 0.1) is 16.8 Å². The molecule has 0 saturated heterocycles. The summed E-state index contributed by atoms with van der Waals surface area (Å²) in [7, 11) is 0. The molecule has 1 amide bonds. The lowest BCUT2D eigenvalue weighted by molar-refractivity contribution is -0.137. The Balaban J connectivity index is 2.24. The Morgan fingerprint density at radius 1 is 1.32 bits per heavy atom. The fourth-order valence-electron chi connectivity index (χ4n) is 1.74. The highest BCUT2D eigenvalue weighted by molar-refractivity contribution is 6.00. The molecule has 4 N–H and O–H groups in total. The summed E-state index contributed by atoms with van der Waals surface area (Å²) in [5.41, 5.74) is 9.98. The van der Waals surface area contributed by atoms with E-state index in [0.29, 0.717) is 19.5 Å². The van der Waals surface area contributed by atoms with Gasteiger partial charge in [-0.3, -0.25) is 9.80 Å². The summed E-state index contributed by atoms with van der Waals surface area (Å²) < 4.78 is 37.6. The number of hydrazine groups is 2. The molecular weight excluding hydrogens is 261 g/mol. The number of anilines is 1. The van der Waals surface area contributed by atoms with Crippen molar-refractivity contribution < 1.29 is 18.0 Å². The molecule has 1 aromatic rings. The molecular formula is C11H13F3N4O. The molecule has 19 heavy (non-hydrogen) atoms. The first-order valence-corrected chi connectivity index (χ1v) is 5.68. The van der Waals surface area contributed by atoms with Gasteiger partial charge in [0, 0.05) is 6.54 Å². The number of carbonyl (C=O) groups is 1. The quantitative estimate of drug-likeness (QED) is 0.778. The van der Waals surface area contributed by atoms with Gasteiger partial charge in [0.2, 0.25) is 0 Å². The number of benzene rings is 1. The smallest absolute Gasteiger partial charge is 0.330 e. The Morgan fingerprint density at radius 3 is 2.68 bits per heavy atom. The fraction of sp³-hybridized carbons (Fsp3) is 0.364. The lowest BCUT2D eigenvalue weighted by Crippen LogP contribution is -2.50. The molecule has 0 fully saturated rings. The SMILES string of the molecule is NCCCN1NNc2cc(C(F)(F)F)ccc2C1=O. The van der Waals surface area contributed by atoms with Crippen molar-refractivity contribution in [2.75, 3.05) is 18.5 Å². The van der Waals surface area contributed by atoms with Crippen LogP contribution in [0.3, 0.4) is 0 Å². The molecule has 0 unspecified atom stereocenters. The number of amides is 1. The minimum atomic E-state index is -4.43. The fourth-order valence-corrected chi connectivity index (χ4v) is 1.74. The van der Waals surface area contributed by atoms with Gasteiger partial charge in [-0.2, -0.15) is 13.2 Å². The highest BCUT2D eigenvalue weighted by Crippen LogP contribution is 2.33. The summed E-state index contributed by atoms with van der Waals surface area (Å²) in [5.74, 6) is -0.379. The Hall–Kier alpha value is -1.80. The normalized spacial score (nSPS) is 15.2. The van der Waals surface area contributed by atoms with Crippen LogP contribution in [0.2, 0.25) is 0 Å². The van der Waals surface area contributed by atoms with Gasteiger partial charge >= 0.3 is 6.18 Å². The number of rotatable bonds is 3. The first kappa shape index (κ1) is 13.6. The zero-order chi connectivity index (χ0) is 14.0. The summed E-state index contributed by atoms with van der Waals surface area (Å²) in [6, 6.07) is 2.97. The molecule has 8 heteroatoms. The van der Waals surface area contributed by atoms with Gasteiger partial charge in [-0.15, -0.1) is 5.53 Å². The van der Waals surface area contributed by atoms with Crippen molar-refractivity contribution in [1.29, 1.82) is 0 Å². The Bertz CT molecular complexity index is 489. The van der Waals surface area contributed by atoms with Gasteiger partial charge in [0.15, 0.2) is 0 Å². The number of hydrogen-bond donors (Lipinski definition) is 3. The monoisotopic (exact) mass is 274 g/mol. The molecule has 2 rings (SSSR count). The zero-order valence-corrected chi connectivity index (χ0v) is 9.92. The summed E-state index contributed by atoms with van der Waals surface area (Å²) in [6.07, 6.45) is -3.84. The molecule has 0 bridgehead atoms. The maximum atomic E-state index is 12.5. The molecule has 0 aromatic heterocycles. The van der Waals surface area contributed by atoms with Crippen LogP contribution in [0.5, 0.6) is 0 Å². The standard InChI is InChI=1S/C11H13F3N4O/c12-11(13,14)7-2-3-8-9(6-7)16-17-18(10(8)19)5-1-4-15/h2-3,6,16-17H,1,4-5,15H2. The van der Waals surface area contributed by atoms with E-state index in [9.17, 15) is 18.0 Å². The molecule has 5 nitrogen and oxygen atoms in total. The number of nitrogens with zero attached hydrogens (tertiary/aromatic N) is 1. The molecule has 1 heterocycles. The average molecular weight is 274 g/mol. The highest BCUT2D eigenvalue weighted by Gasteiger charge is 2.33. The second-order valence-electron chi connectivity index (χ2n) is 4.09. The largest absolute Gasteiger partial charge is 0.416 e. The molecule has 0 aliphatic carbocycles. The summed E-state index contributed by atoms with van der Waals surface area (Å²) in [6.45, 7) is 0.800. The van der Waals surface area contributed by atoms with E-state index in [1.165, 1.54) is 11.1 Å². The van der Waals surface area contributed by atoms with E-state index in [4.69, 9.17) is 5.73 Å². The summed E-state index contributed by atoms with van der Waals surface area (Å²) in [4.78, 5) is 12.0. The Kier molecular flexibility index (Phi) is 3.63. The van der Waals surface area contributed by atoms with Crippen LogP contribution < -0.4 is 16.7 Å². The maximum Gasteiger partial charge on any atom is 0.416 e. The van der Waals surface area contributed by atoms with E-state index in [2.05, 4.69) is 11.0 Å². The number of hydrogen-bond acceptors (Lipinski definition) is 4. The van der Waals surface area contributed by atoms with Crippen LogP contribution in [0, 0.1) is 0 Å². The minimum Gasteiger partial charge on any atom is -0.330 e. The van der Waals surface area contributed by atoms with Crippen LogP contribution >= 0.6 is 0 Å². The van der Waals surface area contributed by atoms with Gasteiger partial charge in [-0.05, 0) is 31.2 Å². The number of carbonyl (C=O) groups excluding carboxylic acids is 1. The van der Waals surface area contributed by atoms with Crippen molar-refractivity contribution in [2.45, 2.75) is 12.6 Å². The Labute approximate surface area is 107 Å². The number of nitrogens with two attached hydrogens (primary N) is 1. The third-order valence-corrected chi connectivity index (χ3v) is 2.73. The van der Waals surface area contributed by atoms with Gasteiger partial charge in [0.25, 0.3) is 5.91 Å². The molecule has 0 saturated carbocycles. The predicted molar refractivity (Wildman–Crippen MR) is 62.9 cm³/mol. The first-order chi connectivity index (χ1) is 8.93. The van der Waals surface area contributed by atoms with E-state index >= 15 is 0 Å². The number of nitrogens with one attached hydrogen (secondary N) is 2. The second-order valence-corrected chi connectivity index (χ2v) is 4.09. The van der Waals surface area contributed by atoms with Crippen LogP contribution in [0.4, 0.5) is 18.9 Å². The van der Waals surface area contributed by atoms with Crippen molar-refractivity contribution in [3.8, 4) is 0 Å². The van der Waals surface area contributed by atoms with Crippen LogP contribution in [0.15, 0.2) is 18.2 Å². The van der Waals surface area contributed by atoms with Gasteiger partial charge in [-0.1, -0.05) is 0 Å². The maximum absolute atomic E-state index is 12.5. The van der Waals surface area contributed by atoms with Crippen molar-refractivity contribution in [2.24, 2.45) is 5.73 Å². The Morgan fingerprint density at radius 2 is 2.05 bits per heavy atom. The van der Waals surface area contributed by atoms with Crippen molar-refractivity contribution in [1.82, 2.24) is 10.5 Å². The van der Waals surface area contributed by atoms with Gasteiger partial charge < -0.3 is 11.2 Å². The predicted octanol–water partition coefficient (Wildman–Crippen LogP) is 1.34. The molecule has 0 radical (unpaired) electrons. The third kappa shape index (κ3) is 2.79. The van der Waals surface area contributed by atoms with Gasteiger partial charge in [-0.25, -0.2) is 0 Å². The lowest BCUT2D eigenvalue weighted by atomic mass is 10.1. The van der Waals surface area contributed by atoms with Crippen molar-refractivity contribution >= 4 is 11.6 Å². The number of fused-ring (bicyclic) bond motifs is 1. The van der Waals surface area contributed by atoms with Crippen LogP contribution in [-0.2, 0) is 6.18 Å². The van der Waals surface area contributed by atoms with Crippen molar-refractivity contribution in [3.05, 3.63) is 29.3 Å². The minimum absolute atomic E-state index is 0.115. The summed E-state index contributed by atoms with van der Waals surface area (Å²) in [5, 5.41) is 1.28. The third-order valence-electron chi connectivity index (χ3n) is 2.73. The average Bonchev–Trinajstić information content (AvgIpc) is 2.36. The van der Waals surface area contributed by atoms with E-state index in [-0.39, 0.29) is 17.2 Å². The molecule has 1 aliphatic rings. The first-order valence-electron chi connectivity index (χ1n) is 5.68. The van der Waals surface area contributed by atoms with Crippen molar-refractivity contribution in [3.63, 3.8) is 0 Å². The molecule has 0 spiro atoms. The molecule has 104 valence electrons. The highest BCUT2D eigenvalue weighted by atomic mass is 19.4. The van der Waals surface area contributed by atoms with E-state index < -0.39 is 11.7 Å². The zero-order valence-electron chi connectivity index (χ0n) is 9.92. The molecule has 1 aromatic carbocycles. The molecule has 0 atom stereocenters. The van der Waals surface area contributed by atoms with E-state index in [1.54, 1.807) is 0 Å². The van der Waals surface area contributed by atoms with E-state index in [0.717, 1.165) is 12.1 Å². The molecule has 1 aliphatic heterocycles. The van der Waals surface area contributed by atoms with Crippen LogP contribution in [0.25, 0.3) is 0 Å². The van der Waals surface area contributed by atoms with E-state index in [1.807, 2.05) is 0 Å². The van der Waals surface area contributed by atoms with Crippen LogP contribution in [-0.4, -0.2) is 24.0 Å². The summed E-state index contributed by atoms with van der Waals surface area (Å²) >= 11 is 0.